The zero-order chi connectivity index (χ0) is 13.3. The van der Waals surface area contributed by atoms with Gasteiger partial charge in [-0.3, -0.25) is 4.84 Å². The van der Waals surface area contributed by atoms with Gasteiger partial charge in [0.15, 0.2) is 0 Å². The fraction of sp³-hybridized carbons (Fsp3) is 0.455. The van der Waals surface area contributed by atoms with E-state index in [-0.39, 0.29) is 11.3 Å². The molecule has 17 heavy (non-hydrogen) atoms. The molecule has 0 aromatic heterocycles. The zero-order valence-corrected chi connectivity index (χ0v) is 9.76. The summed E-state index contributed by atoms with van der Waals surface area (Å²) in [7, 11) is 1.18. The highest BCUT2D eigenvalue weighted by Crippen LogP contribution is 2.41. The van der Waals surface area contributed by atoms with Crippen LogP contribution in [0.4, 0.5) is 13.2 Å². The van der Waals surface area contributed by atoms with E-state index >= 15 is 0 Å². The number of hydrogen-bond acceptors (Lipinski definition) is 3. The van der Waals surface area contributed by atoms with Crippen molar-refractivity contribution in [3.63, 3.8) is 0 Å². The van der Waals surface area contributed by atoms with Crippen LogP contribution in [0.3, 0.4) is 0 Å². The molecule has 1 rings (SSSR count). The van der Waals surface area contributed by atoms with Crippen LogP contribution in [0.2, 0.25) is 0 Å². The largest absolute Gasteiger partial charge is 0.496 e. The van der Waals surface area contributed by atoms with Gasteiger partial charge in [0, 0.05) is 5.56 Å². The van der Waals surface area contributed by atoms with Gasteiger partial charge >= 0.3 is 6.18 Å². The molecule has 0 aliphatic heterocycles. The highest BCUT2D eigenvalue weighted by molar-refractivity contribution is 5.45. The highest BCUT2D eigenvalue weighted by atomic mass is 19.4. The van der Waals surface area contributed by atoms with E-state index < -0.39 is 17.3 Å². The Morgan fingerprint density at radius 1 is 1.12 bits per heavy atom. The molecule has 0 aliphatic carbocycles. The Balaban J connectivity index is 3.44. The first kappa shape index (κ1) is 13.8. The van der Waals surface area contributed by atoms with E-state index in [1.807, 2.05) is 0 Å². The number of ether oxygens (including phenoxy) is 1. The van der Waals surface area contributed by atoms with Gasteiger partial charge in [-0.05, 0) is 19.9 Å². The Kier molecular flexibility index (Phi) is 3.68. The molecule has 0 atom stereocenters. The standard InChI is InChI=1S/C11H14F3NO2/c1-10(2,17-15)7-5-4-6-8(9(7)16-3)11(12,13)14/h4-6H,15H2,1-3H3. The molecular formula is C11H14F3NO2. The molecule has 6 heteroatoms. The molecule has 3 nitrogen and oxygen atoms in total. The van der Waals surface area contributed by atoms with Crippen LogP contribution in [0.15, 0.2) is 18.2 Å². The number of alkyl halides is 3. The molecular weight excluding hydrogens is 235 g/mol. The minimum atomic E-state index is -4.48. The lowest BCUT2D eigenvalue weighted by Gasteiger charge is -2.26. The summed E-state index contributed by atoms with van der Waals surface area (Å²) in [5.74, 6) is 4.82. The van der Waals surface area contributed by atoms with Gasteiger partial charge in [-0.25, -0.2) is 5.90 Å². The molecule has 0 saturated heterocycles. The Morgan fingerprint density at radius 3 is 2.06 bits per heavy atom. The number of para-hydroxylation sites is 1. The molecule has 0 heterocycles. The van der Waals surface area contributed by atoms with Crippen molar-refractivity contribution in [2.24, 2.45) is 5.90 Å². The lowest BCUT2D eigenvalue weighted by atomic mass is 9.94. The summed E-state index contributed by atoms with van der Waals surface area (Å²) < 4.78 is 43.1. The van der Waals surface area contributed by atoms with Crippen molar-refractivity contribution >= 4 is 0 Å². The molecule has 0 saturated carbocycles. The summed E-state index contributed by atoms with van der Waals surface area (Å²) in [5.41, 5.74) is -1.66. The summed E-state index contributed by atoms with van der Waals surface area (Å²) in [4.78, 5) is 4.69. The minimum absolute atomic E-state index is 0.248. The van der Waals surface area contributed by atoms with Crippen molar-refractivity contribution in [1.29, 1.82) is 0 Å². The third-order valence-electron chi connectivity index (χ3n) is 2.47. The van der Waals surface area contributed by atoms with E-state index in [9.17, 15) is 13.2 Å². The van der Waals surface area contributed by atoms with Gasteiger partial charge in [0.25, 0.3) is 0 Å². The predicted octanol–water partition coefficient (Wildman–Crippen LogP) is 2.84. The smallest absolute Gasteiger partial charge is 0.419 e. The lowest BCUT2D eigenvalue weighted by Crippen LogP contribution is -2.26. The predicted molar refractivity (Wildman–Crippen MR) is 56.3 cm³/mol. The number of nitrogens with two attached hydrogens (primary N) is 1. The molecule has 0 amide bonds. The van der Waals surface area contributed by atoms with Crippen molar-refractivity contribution in [3.05, 3.63) is 29.3 Å². The number of benzene rings is 1. The fourth-order valence-corrected chi connectivity index (χ4v) is 1.52. The van der Waals surface area contributed by atoms with Gasteiger partial charge in [-0.2, -0.15) is 13.2 Å². The van der Waals surface area contributed by atoms with Crippen LogP contribution in [0, 0.1) is 0 Å². The maximum absolute atomic E-state index is 12.8. The summed E-state index contributed by atoms with van der Waals surface area (Å²) in [6.07, 6.45) is -4.48. The Bertz CT molecular complexity index is 402. The van der Waals surface area contributed by atoms with E-state index in [1.54, 1.807) is 13.8 Å². The van der Waals surface area contributed by atoms with Crippen LogP contribution in [0.1, 0.15) is 25.0 Å². The average Bonchev–Trinajstić information content (AvgIpc) is 2.26. The molecule has 1 aromatic rings. The summed E-state index contributed by atoms with van der Waals surface area (Å²) in [6, 6.07) is 3.73. The van der Waals surface area contributed by atoms with Gasteiger partial charge in [-0.1, -0.05) is 12.1 Å². The van der Waals surface area contributed by atoms with Crippen LogP contribution >= 0.6 is 0 Å². The SMILES string of the molecule is COc1c(C(F)(F)F)cccc1C(C)(C)ON. The summed E-state index contributed by atoms with van der Waals surface area (Å²) >= 11 is 0. The van der Waals surface area contributed by atoms with Crippen LogP contribution < -0.4 is 10.6 Å². The van der Waals surface area contributed by atoms with E-state index in [4.69, 9.17) is 10.6 Å². The molecule has 96 valence electrons. The highest BCUT2D eigenvalue weighted by Gasteiger charge is 2.37. The van der Waals surface area contributed by atoms with Gasteiger partial charge < -0.3 is 4.74 Å². The van der Waals surface area contributed by atoms with Crippen molar-refractivity contribution in [2.75, 3.05) is 7.11 Å². The Labute approximate surface area is 97.3 Å². The molecule has 1 aromatic carbocycles. The molecule has 0 spiro atoms. The average molecular weight is 249 g/mol. The minimum Gasteiger partial charge on any atom is -0.496 e. The van der Waals surface area contributed by atoms with Crippen LogP contribution in [-0.2, 0) is 16.6 Å². The van der Waals surface area contributed by atoms with E-state index in [0.29, 0.717) is 0 Å². The molecule has 0 fully saturated rings. The van der Waals surface area contributed by atoms with E-state index in [0.717, 1.165) is 6.07 Å². The monoisotopic (exact) mass is 249 g/mol. The zero-order valence-electron chi connectivity index (χ0n) is 9.76. The van der Waals surface area contributed by atoms with Crippen LogP contribution in [0.25, 0.3) is 0 Å². The van der Waals surface area contributed by atoms with Crippen molar-refractivity contribution in [2.45, 2.75) is 25.6 Å². The van der Waals surface area contributed by atoms with Crippen molar-refractivity contribution < 1.29 is 22.7 Å². The van der Waals surface area contributed by atoms with Gasteiger partial charge in [0.1, 0.15) is 11.4 Å². The number of hydrogen-bond donors (Lipinski definition) is 1. The Morgan fingerprint density at radius 2 is 1.65 bits per heavy atom. The number of methoxy groups -OCH3 is 1. The first-order valence-corrected chi connectivity index (χ1v) is 4.86. The third-order valence-corrected chi connectivity index (χ3v) is 2.47. The Hall–Kier alpha value is -1.27. The maximum atomic E-state index is 12.8. The molecule has 2 N–H and O–H groups in total. The second-order valence-corrected chi connectivity index (χ2v) is 4.01. The van der Waals surface area contributed by atoms with Gasteiger partial charge in [0.05, 0.1) is 12.7 Å². The van der Waals surface area contributed by atoms with Gasteiger partial charge in [0.2, 0.25) is 0 Å². The van der Waals surface area contributed by atoms with Gasteiger partial charge in [-0.15, -0.1) is 0 Å². The third kappa shape index (κ3) is 2.70. The van der Waals surface area contributed by atoms with E-state index in [1.165, 1.54) is 19.2 Å². The quantitative estimate of drug-likeness (QED) is 0.838. The summed E-state index contributed by atoms with van der Waals surface area (Å²) in [6.45, 7) is 3.12. The fourth-order valence-electron chi connectivity index (χ4n) is 1.52. The number of rotatable bonds is 3. The molecule has 0 radical (unpaired) electrons. The number of halogens is 3. The summed E-state index contributed by atoms with van der Waals surface area (Å²) in [5, 5.41) is 0. The van der Waals surface area contributed by atoms with Crippen LogP contribution in [0.5, 0.6) is 5.75 Å². The second kappa shape index (κ2) is 4.54. The lowest BCUT2D eigenvalue weighted by molar-refractivity contribution is -0.139. The van der Waals surface area contributed by atoms with Crippen molar-refractivity contribution in [1.82, 2.24) is 0 Å². The van der Waals surface area contributed by atoms with E-state index in [2.05, 4.69) is 4.84 Å². The maximum Gasteiger partial charge on any atom is 0.419 e. The normalized spacial score (nSPS) is 12.6. The molecule has 0 unspecified atom stereocenters. The topological polar surface area (TPSA) is 44.5 Å². The molecule has 0 aliphatic rings. The second-order valence-electron chi connectivity index (χ2n) is 4.01. The van der Waals surface area contributed by atoms with Crippen LogP contribution in [-0.4, -0.2) is 7.11 Å². The molecule has 0 bridgehead atoms. The first-order chi connectivity index (χ1) is 7.74. The van der Waals surface area contributed by atoms with Crippen molar-refractivity contribution in [3.8, 4) is 5.75 Å². The first-order valence-electron chi connectivity index (χ1n) is 4.86.